The van der Waals surface area contributed by atoms with Gasteiger partial charge < -0.3 is 10.3 Å². The Bertz CT molecular complexity index is 856. The van der Waals surface area contributed by atoms with E-state index >= 15 is 0 Å². The highest BCUT2D eigenvalue weighted by atomic mass is 79.9. The summed E-state index contributed by atoms with van der Waals surface area (Å²) in [4.78, 5) is 31.7. The molecule has 5 nitrogen and oxygen atoms in total. The fraction of sp³-hybridized carbons (Fsp3) is 0.312. The van der Waals surface area contributed by atoms with Gasteiger partial charge in [-0.15, -0.1) is 0 Å². The van der Waals surface area contributed by atoms with E-state index in [0.29, 0.717) is 26.6 Å². The quantitative estimate of drug-likeness (QED) is 0.594. The third-order valence-electron chi connectivity index (χ3n) is 3.72. The number of nitrogens with zero attached hydrogens (tertiary/aromatic N) is 1. The van der Waals surface area contributed by atoms with Gasteiger partial charge in [0.25, 0.3) is 5.56 Å². The number of benzene rings is 1. The molecule has 126 valence electrons. The number of aromatic nitrogens is 2. The molecule has 0 aliphatic carbocycles. The summed E-state index contributed by atoms with van der Waals surface area (Å²) in [5, 5.41) is 3.16. The summed E-state index contributed by atoms with van der Waals surface area (Å²) in [6.45, 7) is 2.04. The minimum Gasteiger partial charge on any atom is -0.310 e. The second-order valence-electron chi connectivity index (χ2n) is 5.46. The Morgan fingerprint density at radius 1 is 1.42 bits per heavy atom. The van der Waals surface area contributed by atoms with E-state index in [4.69, 9.17) is 0 Å². The van der Waals surface area contributed by atoms with Gasteiger partial charge in [-0.3, -0.25) is 9.59 Å². The molecule has 1 aromatic carbocycles. The van der Waals surface area contributed by atoms with Gasteiger partial charge in [-0.25, -0.2) is 9.37 Å². The molecule has 1 aliphatic rings. The van der Waals surface area contributed by atoms with Gasteiger partial charge in [-0.1, -0.05) is 24.8 Å². The molecule has 1 amide bonds. The molecule has 0 spiro atoms. The normalized spacial score (nSPS) is 16.6. The van der Waals surface area contributed by atoms with Gasteiger partial charge in [-0.05, 0) is 40.0 Å². The van der Waals surface area contributed by atoms with E-state index in [1.165, 1.54) is 17.8 Å². The molecule has 0 radical (unpaired) electrons. The van der Waals surface area contributed by atoms with Crippen LogP contribution in [0.5, 0.6) is 0 Å². The first-order valence-corrected chi connectivity index (χ1v) is 9.29. The van der Waals surface area contributed by atoms with Crippen LogP contribution >= 0.6 is 27.7 Å². The van der Waals surface area contributed by atoms with Crippen LogP contribution < -0.4 is 10.9 Å². The van der Waals surface area contributed by atoms with Crippen molar-refractivity contribution in [1.82, 2.24) is 9.97 Å². The SMILES string of the molecule is CCCSc1nc2c(c(=O)[nH]1)[C@H](c1ccc(F)c(Br)c1)CC(=O)N2. The monoisotopic (exact) mass is 411 g/mol. The highest BCUT2D eigenvalue weighted by molar-refractivity contribution is 9.10. The lowest BCUT2D eigenvalue weighted by atomic mass is 9.87. The maximum absolute atomic E-state index is 13.5. The number of anilines is 1. The second-order valence-corrected chi connectivity index (χ2v) is 7.40. The number of halogens is 2. The smallest absolute Gasteiger partial charge is 0.257 e. The zero-order valence-electron chi connectivity index (χ0n) is 12.9. The molecule has 2 heterocycles. The number of rotatable bonds is 4. The van der Waals surface area contributed by atoms with E-state index in [1.807, 2.05) is 6.92 Å². The maximum atomic E-state index is 13.5. The summed E-state index contributed by atoms with van der Waals surface area (Å²) >= 11 is 4.58. The fourth-order valence-corrected chi connectivity index (χ4v) is 3.75. The Morgan fingerprint density at radius 3 is 2.92 bits per heavy atom. The number of nitrogens with one attached hydrogen (secondary N) is 2. The third-order valence-corrected chi connectivity index (χ3v) is 5.41. The van der Waals surface area contributed by atoms with Crippen molar-refractivity contribution in [2.24, 2.45) is 0 Å². The Kier molecular flexibility index (Phi) is 5.05. The van der Waals surface area contributed by atoms with E-state index in [9.17, 15) is 14.0 Å². The van der Waals surface area contributed by atoms with E-state index in [-0.39, 0.29) is 17.9 Å². The van der Waals surface area contributed by atoms with Gasteiger partial charge in [-0.2, -0.15) is 0 Å². The van der Waals surface area contributed by atoms with Crippen molar-refractivity contribution in [2.75, 3.05) is 11.1 Å². The Balaban J connectivity index is 2.07. The van der Waals surface area contributed by atoms with Gasteiger partial charge in [0.05, 0.1) is 10.0 Å². The van der Waals surface area contributed by atoms with Crippen molar-refractivity contribution in [3.05, 3.63) is 50.0 Å². The number of fused-ring (bicyclic) bond motifs is 1. The summed E-state index contributed by atoms with van der Waals surface area (Å²) in [7, 11) is 0. The summed E-state index contributed by atoms with van der Waals surface area (Å²) in [6, 6.07) is 4.51. The number of aromatic amines is 1. The molecule has 3 rings (SSSR count). The van der Waals surface area contributed by atoms with Crippen molar-refractivity contribution in [1.29, 1.82) is 0 Å². The van der Waals surface area contributed by atoms with Crippen molar-refractivity contribution in [3.8, 4) is 0 Å². The lowest BCUT2D eigenvalue weighted by Crippen LogP contribution is -2.31. The van der Waals surface area contributed by atoms with Crippen molar-refractivity contribution in [2.45, 2.75) is 30.8 Å². The summed E-state index contributed by atoms with van der Waals surface area (Å²) < 4.78 is 13.8. The Morgan fingerprint density at radius 2 is 2.21 bits per heavy atom. The molecule has 0 saturated heterocycles. The lowest BCUT2D eigenvalue weighted by Gasteiger charge is -2.24. The summed E-state index contributed by atoms with van der Waals surface area (Å²) in [6.07, 6.45) is 1.07. The van der Waals surface area contributed by atoms with Crippen LogP contribution in [-0.2, 0) is 4.79 Å². The molecule has 0 unspecified atom stereocenters. The van der Waals surface area contributed by atoms with Crippen molar-refractivity contribution in [3.63, 3.8) is 0 Å². The van der Waals surface area contributed by atoms with E-state index < -0.39 is 11.7 Å². The number of carbonyl (C=O) groups is 1. The zero-order chi connectivity index (χ0) is 17.3. The number of carbonyl (C=O) groups excluding carboxylic acids is 1. The molecule has 1 aromatic heterocycles. The van der Waals surface area contributed by atoms with Gasteiger partial charge >= 0.3 is 0 Å². The molecular formula is C16H15BrFN3O2S. The zero-order valence-corrected chi connectivity index (χ0v) is 15.3. The largest absolute Gasteiger partial charge is 0.310 e. The predicted molar refractivity (Wildman–Crippen MR) is 95.1 cm³/mol. The van der Waals surface area contributed by atoms with Gasteiger partial charge in [0.1, 0.15) is 11.6 Å². The van der Waals surface area contributed by atoms with E-state index in [0.717, 1.165) is 12.2 Å². The average Bonchev–Trinajstić information content (AvgIpc) is 2.54. The highest BCUT2D eigenvalue weighted by Crippen LogP contribution is 2.35. The van der Waals surface area contributed by atoms with Crippen LogP contribution in [0.15, 0.2) is 32.6 Å². The molecule has 1 aliphatic heterocycles. The first-order chi connectivity index (χ1) is 11.5. The van der Waals surface area contributed by atoms with Crippen molar-refractivity contribution >= 4 is 39.4 Å². The van der Waals surface area contributed by atoms with Crippen LogP contribution in [0.25, 0.3) is 0 Å². The third kappa shape index (κ3) is 3.39. The average molecular weight is 412 g/mol. The first-order valence-electron chi connectivity index (χ1n) is 7.51. The minimum atomic E-state index is -0.452. The molecule has 24 heavy (non-hydrogen) atoms. The fourth-order valence-electron chi connectivity index (χ4n) is 2.63. The standard InChI is InChI=1S/C16H15BrFN3O2S/c1-2-5-24-16-20-14-13(15(23)21-16)9(7-12(22)19-14)8-3-4-11(18)10(17)6-8/h3-4,6,9H,2,5,7H2,1H3,(H2,19,20,21,22,23)/t9-/m0/s1. The lowest BCUT2D eigenvalue weighted by molar-refractivity contribution is -0.116. The predicted octanol–water partition coefficient (Wildman–Crippen LogP) is 3.65. The molecule has 0 fully saturated rings. The first kappa shape index (κ1) is 17.2. The number of thioether (sulfide) groups is 1. The second kappa shape index (κ2) is 7.06. The summed E-state index contributed by atoms with van der Waals surface area (Å²) in [5.41, 5.74) is 0.832. The van der Waals surface area contributed by atoms with E-state index in [2.05, 4.69) is 31.2 Å². The van der Waals surface area contributed by atoms with Crippen molar-refractivity contribution < 1.29 is 9.18 Å². The Hall–Kier alpha value is -1.67. The molecular weight excluding hydrogens is 397 g/mol. The molecule has 1 atom stereocenters. The van der Waals surface area contributed by atoms with Crippen LogP contribution in [0.4, 0.5) is 10.2 Å². The molecule has 8 heteroatoms. The molecule has 0 bridgehead atoms. The van der Waals surface area contributed by atoms with Crippen LogP contribution in [-0.4, -0.2) is 21.6 Å². The number of amides is 1. The van der Waals surface area contributed by atoms with Gasteiger partial charge in [0.2, 0.25) is 5.91 Å². The van der Waals surface area contributed by atoms with Crippen LogP contribution in [0.3, 0.4) is 0 Å². The van der Waals surface area contributed by atoms with Crippen LogP contribution in [0.1, 0.15) is 36.8 Å². The number of hydrogen-bond acceptors (Lipinski definition) is 4. The van der Waals surface area contributed by atoms with Crippen LogP contribution in [0, 0.1) is 5.82 Å². The maximum Gasteiger partial charge on any atom is 0.257 e. The molecule has 0 saturated carbocycles. The number of H-pyrrole nitrogens is 1. The number of hydrogen-bond donors (Lipinski definition) is 2. The van der Waals surface area contributed by atoms with Crippen LogP contribution in [0.2, 0.25) is 0 Å². The molecule has 2 N–H and O–H groups in total. The van der Waals surface area contributed by atoms with E-state index in [1.54, 1.807) is 12.1 Å². The van der Waals surface area contributed by atoms with Gasteiger partial charge in [0, 0.05) is 18.1 Å². The topological polar surface area (TPSA) is 74.8 Å². The Labute approximate surface area is 150 Å². The highest BCUT2D eigenvalue weighted by Gasteiger charge is 2.31. The molecule has 2 aromatic rings. The summed E-state index contributed by atoms with van der Waals surface area (Å²) in [5.74, 6) is 0.0607. The van der Waals surface area contributed by atoms with Gasteiger partial charge in [0.15, 0.2) is 5.16 Å². The minimum absolute atomic E-state index is 0.122.